The Bertz CT molecular complexity index is 284. The predicted octanol–water partition coefficient (Wildman–Crippen LogP) is 1.68. The van der Waals surface area contributed by atoms with Crippen molar-refractivity contribution in [3.63, 3.8) is 0 Å². The van der Waals surface area contributed by atoms with E-state index < -0.39 is 12.2 Å². The summed E-state index contributed by atoms with van der Waals surface area (Å²) in [6, 6.07) is 9.96. The fraction of sp³-hybridized carbons (Fsp3) is 0.500. The lowest BCUT2D eigenvalue weighted by Crippen LogP contribution is -2.35. The van der Waals surface area contributed by atoms with Gasteiger partial charge in [0.05, 0.1) is 12.2 Å². The van der Waals surface area contributed by atoms with E-state index in [1.54, 1.807) is 0 Å². The molecule has 1 aromatic carbocycles. The summed E-state index contributed by atoms with van der Waals surface area (Å²) in [5, 5.41) is 19.4. The zero-order valence-electron chi connectivity index (χ0n) is 8.13. The first-order chi connectivity index (χ1) is 6.79. The highest BCUT2D eigenvalue weighted by Gasteiger charge is 2.31. The Morgan fingerprint density at radius 1 is 1.00 bits per heavy atom. The van der Waals surface area contributed by atoms with Gasteiger partial charge in [-0.05, 0) is 18.4 Å². The molecule has 0 unspecified atom stereocenters. The largest absolute Gasteiger partial charge is 0.390 e. The van der Waals surface area contributed by atoms with Gasteiger partial charge in [0.25, 0.3) is 0 Å². The fourth-order valence-electron chi connectivity index (χ4n) is 2.22. The van der Waals surface area contributed by atoms with Crippen LogP contribution in [0.2, 0.25) is 0 Å². The normalized spacial score (nSPS) is 32.9. The molecule has 0 bridgehead atoms. The number of hydrogen-bond donors (Lipinski definition) is 2. The van der Waals surface area contributed by atoms with Gasteiger partial charge in [-0.1, -0.05) is 36.8 Å². The van der Waals surface area contributed by atoms with E-state index in [1.807, 2.05) is 30.3 Å². The van der Waals surface area contributed by atoms with Gasteiger partial charge in [0.1, 0.15) is 0 Å². The van der Waals surface area contributed by atoms with Gasteiger partial charge in [-0.3, -0.25) is 0 Å². The van der Waals surface area contributed by atoms with Crippen molar-refractivity contribution in [2.45, 2.75) is 37.4 Å². The SMILES string of the molecule is O[C@H]1[C@H](O)CCC[C@H]1c1ccccc1. The van der Waals surface area contributed by atoms with Gasteiger partial charge in [-0.25, -0.2) is 0 Å². The number of aliphatic hydroxyl groups is 2. The zero-order chi connectivity index (χ0) is 9.97. The third-order valence-electron chi connectivity index (χ3n) is 3.05. The molecule has 0 heterocycles. The third-order valence-corrected chi connectivity index (χ3v) is 3.05. The highest BCUT2D eigenvalue weighted by molar-refractivity contribution is 5.21. The molecule has 0 amide bonds. The molecule has 0 spiro atoms. The summed E-state index contributed by atoms with van der Waals surface area (Å²) >= 11 is 0. The molecule has 76 valence electrons. The third kappa shape index (κ3) is 1.81. The first kappa shape index (κ1) is 9.69. The Hall–Kier alpha value is -0.860. The summed E-state index contributed by atoms with van der Waals surface area (Å²) in [4.78, 5) is 0. The molecule has 0 aromatic heterocycles. The van der Waals surface area contributed by atoms with Crippen LogP contribution in [0.4, 0.5) is 0 Å². The van der Waals surface area contributed by atoms with Crippen molar-refractivity contribution in [1.29, 1.82) is 0 Å². The van der Waals surface area contributed by atoms with Gasteiger partial charge >= 0.3 is 0 Å². The fourth-order valence-corrected chi connectivity index (χ4v) is 2.22. The maximum Gasteiger partial charge on any atom is 0.0867 e. The van der Waals surface area contributed by atoms with Crippen LogP contribution < -0.4 is 0 Å². The summed E-state index contributed by atoms with van der Waals surface area (Å²) in [5.74, 6) is 0.111. The maximum absolute atomic E-state index is 9.84. The molecule has 1 aliphatic carbocycles. The van der Waals surface area contributed by atoms with E-state index in [9.17, 15) is 10.2 Å². The maximum atomic E-state index is 9.84. The number of rotatable bonds is 1. The van der Waals surface area contributed by atoms with Gasteiger partial charge < -0.3 is 10.2 Å². The highest BCUT2D eigenvalue weighted by atomic mass is 16.3. The van der Waals surface area contributed by atoms with Crippen LogP contribution >= 0.6 is 0 Å². The van der Waals surface area contributed by atoms with Crippen LogP contribution in [0.25, 0.3) is 0 Å². The average molecular weight is 192 g/mol. The molecule has 2 N–H and O–H groups in total. The smallest absolute Gasteiger partial charge is 0.0867 e. The van der Waals surface area contributed by atoms with Crippen molar-refractivity contribution < 1.29 is 10.2 Å². The second-order valence-electron chi connectivity index (χ2n) is 4.01. The van der Waals surface area contributed by atoms with E-state index in [2.05, 4.69) is 0 Å². The molecular formula is C12H16O2. The quantitative estimate of drug-likeness (QED) is 0.710. The van der Waals surface area contributed by atoms with Crippen LogP contribution in [-0.2, 0) is 0 Å². The molecule has 2 heteroatoms. The van der Waals surface area contributed by atoms with Crippen molar-refractivity contribution in [1.82, 2.24) is 0 Å². The van der Waals surface area contributed by atoms with E-state index in [-0.39, 0.29) is 5.92 Å². The minimum atomic E-state index is -0.592. The van der Waals surface area contributed by atoms with E-state index in [0.717, 1.165) is 24.8 Å². The second-order valence-corrected chi connectivity index (χ2v) is 4.01. The molecular weight excluding hydrogens is 176 g/mol. The van der Waals surface area contributed by atoms with Crippen LogP contribution in [-0.4, -0.2) is 22.4 Å². The van der Waals surface area contributed by atoms with Gasteiger partial charge in [0.2, 0.25) is 0 Å². The lowest BCUT2D eigenvalue weighted by Gasteiger charge is -2.32. The lowest BCUT2D eigenvalue weighted by molar-refractivity contribution is -0.0227. The molecule has 14 heavy (non-hydrogen) atoms. The van der Waals surface area contributed by atoms with E-state index in [0.29, 0.717) is 0 Å². The molecule has 3 atom stereocenters. The summed E-state index contributed by atoms with van der Waals surface area (Å²) in [6.07, 6.45) is 1.56. The molecule has 1 aliphatic rings. The first-order valence-electron chi connectivity index (χ1n) is 5.20. The number of hydrogen-bond acceptors (Lipinski definition) is 2. The highest BCUT2D eigenvalue weighted by Crippen LogP contribution is 2.32. The van der Waals surface area contributed by atoms with Gasteiger partial charge in [-0.2, -0.15) is 0 Å². The van der Waals surface area contributed by atoms with Crippen LogP contribution in [0.3, 0.4) is 0 Å². The first-order valence-corrected chi connectivity index (χ1v) is 5.20. The second kappa shape index (κ2) is 4.11. The average Bonchev–Trinajstić information content (AvgIpc) is 2.23. The van der Waals surface area contributed by atoms with E-state index in [1.165, 1.54) is 0 Å². The lowest BCUT2D eigenvalue weighted by atomic mass is 9.80. The zero-order valence-corrected chi connectivity index (χ0v) is 8.13. The molecule has 2 nitrogen and oxygen atoms in total. The predicted molar refractivity (Wildman–Crippen MR) is 55.0 cm³/mol. The topological polar surface area (TPSA) is 40.5 Å². The number of aliphatic hydroxyl groups excluding tert-OH is 2. The van der Waals surface area contributed by atoms with Gasteiger partial charge in [0, 0.05) is 5.92 Å². The summed E-state index contributed by atoms with van der Waals surface area (Å²) in [5.41, 5.74) is 1.14. The van der Waals surface area contributed by atoms with Crippen molar-refractivity contribution >= 4 is 0 Å². The van der Waals surface area contributed by atoms with Crippen LogP contribution in [0, 0.1) is 0 Å². The summed E-state index contributed by atoms with van der Waals surface area (Å²) in [7, 11) is 0. The molecule has 0 saturated heterocycles. The summed E-state index contributed by atoms with van der Waals surface area (Å²) < 4.78 is 0. The minimum absolute atomic E-state index is 0.111. The van der Waals surface area contributed by atoms with Crippen LogP contribution in [0.5, 0.6) is 0 Å². The standard InChI is InChI=1S/C12H16O2/c13-11-8-4-7-10(12(11)14)9-5-2-1-3-6-9/h1-3,5-6,10-14H,4,7-8H2/t10-,11+,12+/m0/s1. The molecule has 0 aliphatic heterocycles. The molecule has 1 saturated carbocycles. The Morgan fingerprint density at radius 2 is 1.71 bits per heavy atom. The molecule has 1 aromatic rings. The van der Waals surface area contributed by atoms with Crippen molar-refractivity contribution in [2.24, 2.45) is 0 Å². The van der Waals surface area contributed by atoms with E-state index in [4.69, 9.17) is 0 Å². The number of benzene rings is 1. The van der Waals surface area contributed by atoms with Crippen molar-refractivity contribution in [2.75, 3.05) is 0 Å². The van der Waals surface area contributed by atoms with Gasteiger partial charge in [0.15, 0.2) is 0 Å². The van der Waals surface area contributed by atoms with Gasteiger partial charge in [-0.15, -0.1) is 0 Å². The molecule has 0 radical (unpaired) electrons. The Labute approximate surface area is 84.2 Å². The monoisotopic (exact) mass is 192 g/mol. The van der Waals surface area contributed by atoms with Crippen molar-refractivity contribution in [3.05, 3.63) is 35.9 Å². The minimum Gasteiger partial charge on any atom is -0.390 e. The van der Waals surface area contributed by atoms with Crippen LogP contribution in [0.15, 0.2) is 30.3 Å². The molecule has 1 fully saturated rings. The van der Waals surface area contributed by atoms with Crippen LogP contribution in [0.1, 0.15) is 30.7 Å². The molecule has 2 rings (SSSR count). The Balaban J connectivity index is 2.17. The van der Waals surface area contributed by atoms with Crippen molar-refractivity contribution in [3.8, 4) is 0 Å². The van der Waals surface area contributed by atoms with E-state index >= 15 is 0 Å². The summed E-state index contributed by atoms with van der Waals surface area (Å²) in [6.45, 7) is 0. The Kier molecular flexibility index (Phi) is 2.85. The Morgan fingerprint density at radius 3 is 2.43 bits per heavy atom.